The Labute approximate surface area is 113 Å². The van der Waals surface area contributed by atoms with E-state index in [0.717, 1.165) is 11.8 Å². The minimum Gasteiger partial charge on any atom is -0.478 e. The number of rotatable bonds is 4. The molecule has 0 saturated carbocycles. The summed E-state index contributed by atoms with van der Waals surface area (Å²) in [6.07, 6.45) is 1.56. The molecule has 2 heterocycles. The predicted molar refractivity (Wildman–Crippen MR) is 67.9 cm³/mol. The monoisotopic (exact) mass is 280 g/mol. The Morgan fingerprint density at radius 3 is 2.89 bits per heavy atom. The average Bonchev–Trinajstić information content (AvgIpc) is 2.64. The number of carbonyl (C=O) groups excluding carboxylic acids is 2. The maximum absolute atomic E-state index is 11.9. The zero-order valence-corrected chi connectivity index (χ0v) is 11.0. The van der Waals surface area contributed by atoms with E-state index in [2.05, 4.69) is 4.98 Å². The van der Waals surface area contributed by atoms with Gasteiger partial charge in [0.2, 0.25) is 11.8 Å². The SMILES string of the molecule is CCN1C(=O)CC(Sc2ncccc2C(=O)O)C1=O. The van der Waals surface area contributed by atoms with Crippen LogP contribution in [0.15, 0.2) is 23.4 Å². The number of carboxylic acid groups (broad SMARTS) is 1. The van der Waals surface area contributed by atoms with Crippen LogP contribution in [0.5, 0.6) is 0 Å². The second-order valence-electron chi connectivity index (χ2n) is 3.95. The number of imide groups is 1. The summed E-state index contributed by atoms with van der Waals surface area (Å²) < 4.78 is 0. The highest BCUT2D eigenvalue weighted by Crippen LogP contribution is 2.31. The quantitative estimate of drug-likeness (QED) is 0.828. The standard InChI is InChI=1S/C12H12N2O4S/c1-2-14-9(15)6-8(11(14)16)19-10-7(12(17)18)4-3-5-13-10/h3-5,8H,2,6H2,1H3,(H,17,18). The number of nitrogens with zero attached hydrogens (tertiary/aromatic N) is 2. The van der Waals surface area contributed by atoms with Gasteiger partial charge in [-0.25, -0.2) is 9.78 Å². The second-order valence-corrected chi connectivity index (χ2v) is 5.14. The first-order chi connectivity index (χ1) is 9.04. The summed E-state index contributed by atoms with van der Waals surface area (Å²) in [4.78, 5) is 39.7. The van der Waals surface area contributed by atoms with Crippen LogP contribution in [0.4, 0.5) is 0 Å². The number of amides is 2. The normalized spacial score (nSPS) is 19.0. The molecule has 1 aromatic heterocycles. The molecule has 0 aromatic carbocycles. The molecule has 0 radical (unpaired) electrons. The Morgan fingerprint density at radius 1 is 1.58 bits per heavy atom. The first kappa shape index (κ1) is 13.5. The van der Waals surface area contributed by atoms with Crippen molar-refractivity contribution in [1.82, 2.24) is 9.88 Å². The number of hydrogen-bond acceptors (Lipinski definition) is 5. The zero-order valence-electron chi connectivity index (χ0n) is 10.2. The first-order valence-corrected chi connectivity index (χ1v) is 6.61. The highest BCUT2D eigenvalue weighted by molar-refractivity contribution is 8.00. The van der Waals surface area contributed by atoms with Crippen LogP contribution in [0, 0.1) is 0 Å². The topological polar surface area (TPSA) is 87.6 Å². The van der Waals surface area contributed by atoms with Crippen molar-refractivity contribution >= 4 is 29.5 Å². The maximum atomic E-state index is 11.9. The average molecular weight is 280 g/mol. The molecule has 0 bridgehead atoms. The Hall–Kier alpha value is -1.89. The summed E-state index contributed by atoms with van der Waals surface area (Å²) in [5, 5.41) is 8.72. The maximum Gasteiger partial charge on any atom is 0.338 e. The molecule has 19 heavy (non-hydrogen) atoms. The number of carboxylic acids is 1. The van der Waals surface area contributed by atoms with Crippen LogP contribution in [-0.4, -0.2) is 44.6 Å². The van der Waals surface area contributed by atoms with Crippen molar-refractivity contribution in [3.05, 3.63) is 23.9 Å². The van der Waals surface area contributed by atoms with Crippen molar-refractivity contribution in [3.63, 3.8) is 0 Å². The molecule has 1 aromatic rings. The highest BCUT2D eigenvalue weighted by atomic mass is 32.2. The van der Waals surface area contributed by atoms with Crippen LogP contribution < -0.4 is 0 Å². The van der Waals surface area contributed by atoms with Crippen molar-refractivity contribution in [2.75, 3.05) is 6.54 Å². The van der Waals surface area contributed by atoms with E-state index in [1.807, 2.05) is 0 Å². The van der Waals surface area contributed by atoms with Crippen molar-refractivity contribution in [3.8, 4) is 0 Å². The lowest BCUT2D eigenvalue weighted by molar-refractivity contribution is -0.137. The summed E-state index contributed by atoms with van der Waals surface area (Å²) in [6.45, 7) is 2.06. The highest BCUT2D eigenvalue weighted by Gasteiger charge is 2.38. The molecular formula is C12H12N2O4S. The molecule has 1 aliphatic heterocycles. The van der Waals surface area contributed by atoms with Crippen LogP contribution in [0.1, 0.15) is 23.7 Å². The molecule has 0 aliphatic carbocycles. The van der Waals surface area contributed by atoms with Gasteiger partial charge in [0.25, 0.3) is 0 Å². The van der Waals surface area contributed by atoms with Crippen LogP contribution in [-0.2, 0) is 9.59 Å². The van der Waals surface area contributed by atoms with Gasteiger partial charge in [0.15, 0.2) is 0 Å². The van der Waals surface area contributed by atoms with Gasteiger partial charge in [0.1, 0.15) is 5.03 Å². The number of hydrogen-bond donors (Lipinski definition) is 1. The van der Waals surface area contributed by atoms with Crippen LogP contribution in [0.2, 0.25) is 0 Å². The second kappa shape index (κ2) is 5.40. The Balaban J connectivity index is 2.21. The fourth-order valence-electron chi connectivity index (χ4n) is 1.86. The molecule has 1 atom stereocenters. The smallest absolute Gasteiger partial charge is 0.338 e. The van der Waals surface area contributed by atoms with E-state index in [1.54, 1.807) is 6.92 Å². The van der Waals surface area contributed by atoms with Gasteiger partial charge in [-0.1, -0.05) is 11.8 Å². The lowest BCUT2D eigenvalue weighted by atomic mass is 10.3. The molecule has 1 N–H and O–H groups in total. The molecular weight excluding hydrogens is 268 g/mol. The molecule has 7 heteroatoms. The molecule has 1 aliphatic rings. The molecule has 100 valence electrons. The summed E-state index contributed by atoms with van der Waals surface area (Å²) >= 11 is 1.03. The molecule has 2 amide bonds. The van der Waals surface area contributed by atoms with Crippen LogP contribution in [0.3, 0.4) is 0 Å². The Kier molecular flexibility index (Phi) is 3.84. The Morgan fingerprint density at radius 2 is 2.32 bits per heavy atom. The van der Waals surface area contributed by atoms with Crippen molar-refractivity contribution in [2.45, 2.75) is 23.6 Å². The van der Waals surface area contributed by atoms with Gasteiger partial charge < -0.3 is 5.11 Å². The van der Waals surface area contributed by atoms with Crippen molar-refractivity contribution in [1.29, 1.82) is 0 Å². The van der Waals surface area contributed by atoms with Crippen molar-refractivity contribution < 1.29 is 19.5 Å². The molecule has 0 spiro atoms. The van der Waals surface area contributed by atoms with Gasteiger partial charge in [0.05, 0.1) is 10.8 Å². The third-order valence-electron chi connectivity index (χ3n) is 2.77. The van der Waals surface area contributed by atoms with Gasteiger partial charge in [-0.3, -0.25) is 14.5 Å². The summed E-state index contributed by atoms with van der Waals surface area (Å²) in [5.74, 6) is -1.60. The molecule has 2 rings (SSSR count). The number of thioether (sulfide) groups is 1. The number of carbonyl (C=O) groups is 3. The minimum atomic E-state index is -1.10. The number of pyridine rings is 1. The van der Waals surface area contributed by atoms with E-state index in [4.69, 9.17) is 5.11 Å². The molecule has 6 nitrogen and oxygen atoms in total. The third-order valence-corrected chi connectivity index (χ3v) is 3.98. The van der Waals surface area contributed by atoms with Gasteiger partial charge in [-0.05, 0) is 19.1 Å². The van der Waals surface area contributed by atoms with E-state index >= 15 is 0 Å². The van der Waals surface area contributed by atoms with E-state index in [0.29, 0.717) is 6.54 Å². The minimum absolute atomic E-state index is 0.0442. The summed E-state index contributed by atoms with van der Waals surface area (Å²) in [7, 11) is 0. The van der Waals surface area contributed by atoms with Gasteiger partial charge in [-0.15, -0.1) is 0 Å². The van der Waals surface area contributed by atoms with E-state index < -0.39 is 11.2 Å². The lowest BCUT2D eigenvalue weighted by Crippen LogP contribution is -2.30. The molecule has 1 saturated heterocycles. The van der Waals surface area contributed by atoms with Gasteiger partial charge in [0, 0.05) is 19.2 Å². The zero-order chi connectivity index (χ0) is 14.0. The van der Waals surface area contributed by atoms with Gasteiger partial charge in [-0.2, -0.15) is 0 Å². The largest absolute Gasteiger partial charge is 0.478 e. The van der Waals surface area contributed by atoms with Crippen molar-refractivity contribution in [2.24, 2.45) is 0 Å². The van der Waals surface area contributed by atoms with Gasteiger partial charge >= 0.3 is 5.97 Å². The van der Waals surface area contributed by atoms with E-state index in [9.17, 15) is 14.4 Å². The van der Waals surface area contributed by atoms with Crippen LogP contribution in [0.25, 0.3) is 0 Å². The number of aromatic nitrogens is 1. The Bertz CT molecular complexity index is 546. The van der Waals surface area contributed by atoms with E-state index in [-0.39, 0.29) is 28.8 Å². The lowest BCUT2D eigenvalue weighted by Gasteiger charge is -2.11. The fraction of sp³-hybridized carbons (Fsp3) is 0.333. The predicted octanol–water partition coefficient (Wildman–Crippen LogP) is 1.02. The third kappa shape index (κ3) is 2.60. The van der Waals surface area contributed by atoms with E-state index in [1.165, 1.54) is 23.2 Å². The number of likely N-dealkylation sites (tertiary alicyclic amines) is 1. The number of aromatic carboxylic acids is 1. The summed E-state index contributed by atoms with van der Waals surface area (Å²) in [6, 6.07) is 2.95. The first-order valence-electron chi connectivity index (χ1n) is 5.73. The fourth-order valence-corrected chi connectivity index (χ4v) is 2.99. The molecule has 1 unspecified atom stereocenters. The summed E-state index contributed by atoms with van der Waals surface area (Å²) in [5.41, 5.74) is 0.0442. The molecule has 1 fully saturated rings. The van der Waals surface area contributed by atoms with Crippen LogP contribution >= 0.6 is 11.8 Å².